The topological polar surface area (TPSA) is 7.76 Å². The van der Waals surface area contributed by atoms with Crippen molar-refractivity contribution < 1.29 is 13.5 Å². The van der Waals surface area contributed by atoms with E-state index in [1.165, 1.54) is 44.3 Å². The lowest BCUT2D eigenvalue weighted by Gasteiger charge is -2.49. The Kier molecular flexibility index (Phi) is 7.31. The van der Waals surface area contributed by atoms with Crippen molar-refractivity contribution in [2.45, 2.75) is 96.9 Å². The second-order valence-corrected chi connectivity index (χ2v) is 14.3. The molecule has 2 atom stereocenters. The fraction of sp³-hybridized carbons (Fsp3) is 0.349. The molecule has 0 radical (unpaired) electrons. The zero-order valence-corrected chi connectivity index (χ0v) is 28.5. The van der Waals surface area contributed by atoms with E-state index in [9.17, 15) is 0 Å². The molecule has 2 aromatic heterocycles. The number of benzene rings is 3. The normalized spacial score (nSPS) is 20.9. The zero-order valence-electron chi connectivity index (χ0n) is 28.5. The van der Waals surface area contributed by atoms with Gasteiger partial charge >= 0.3 is 0 Å². The van der Waals surface area contributed by atoms with Crippen molar-refractivity contribution in [2.75, 3.05) is 0 Å². The number of hydrogen-bond acceptors (Lipinski definition) is 0. The molecule has 3 aromatic carbocycles. The molecule has 0 amide bonds. The molecule has 0 saturated heterocycles. The van der Waals surface area contributed by atoms with Crippen molar-refractivity contribution in [3.05, 3.63) is 125 Å². The molecule has 46 heavy (non-hydrogen) atoms. The van der Waals surface area contributed by atoms with Gasteiger partial charge in [-0.25, -0.2) is 4.39 Å². The second kappa shape index (κ2) is 11.0. The molecule has 0 bridgehead atoms. The van der Waals surface area contributed by atoms with Crippen molar-refractivity contribution in [3.8, 4) is 22.5 Å². The minimum atomic E-state index is -0.475. The molecule has 2 aliphatic rings. The van der Waals surface area contributed by atoms with Crippen LogP contribution in [0.1, 0.15) is 95.0 Å². The van der Waals surface area contributed by atoms with Gasteiger partial charge in [0.15, 0.2) is 24.1 Å². The first-order valence-electron chi connectivity index (χ1n) is 17.2. The number of pyridine rings is 2. The Morgan fingerprint density at radius 3 is 2.35 bits per heavy atom. The van der Waals surface area contributed by atoms with Gasteiger partial charge < -0.3 is 0 Å². The highest BCUT2D eigenvalue weighted by Gasteiger charge is 2.61. The first kappa shape index (κ1) is 30.5. The first-order valence-corrected chi connectivity index (χ1v) is 17.2. The van der Waals surface area contributed by atoms with Crippen LogP contribution >= 0.6 is 0 Å². The molecule has 234 valence electrons. The van der Waals surface area contributed by atoms with E-state index in [0.29, 0.717) is 0 Å². The van der Waals surface area contributed by atoms with Crippen LogP contribution in [0.5, 0.6) is 0 Å². The summed E-state index contributed by atoms with van der Waals surface area (Å²) in [4.78, 5) is 0. The minimum absolute atomic E-state index is 0.106. The summed E-state index contributed by atoms with van der Waals surface area (Å²) in [5.41, 5.74) is 9.44. The van der Waals surface area contributed by atoms with Crippen molar-refractivity contribution >= 4 is 17.0 Å². The summed E-state index contributed by atoms with van der Waals surface area (Å²) >= 11 is 0. The van der Waals surface area contributed by atoms with Crippen LogP contribution in [0.25, 0.3) is 39.5 Å². The average Bonchev–Trinajstić information content (AvgIpc) is 3.06. The van der Waals surface area contributed by atoms with E-state index in [0.717, 1.165) is 48.9 Å². The molecular weight excluding hydrogens is 563 g/mol. The monoisotopic (exact) mass is 610 g/mol. The highest BCUT2D eigenvalue weighted by Crippen LogP contribution is 2.58. The largest absolute Gasteiger partial charge is 0.221 e. The summed E-state index contributed by atoms with van der Waals surface area (Å²) in [6, 6.07) is 25.9. The standard InChI is InChI=1S/C43H47FN2/c1-8-11-17-30-27-31-22-25-46-40-37(31)34(28-30)41(5,6)39-35(44)21-20-33(38(39)40)43(10-3,42(46,7)9-2)23-26-45-24-15-14-19-36(45)32-18-13-12-16-29(32)4/h12-16,18-28H,8-11,17H2,1-7H3/q+2. The van der Waals surface area contributed by atoms with Crippen LogP contribution in [0.4, 0.5) is 4.39 Å². The maximum Gasteiger partial charge on any atom is 0.221 e. The van der Waals surface area contributed by atoms with Crippen molar-refractivity contribution in [1.29, 1.82) is 0 Å². The molecule has 2 nitrogen and oxygen atoms in total. The number of aromatic nitrogens is 2. The molecule has 1 aliphatic heterocycles. The fourth-order valence-corrected chi connectivity index (χ4v) is 8.92. The third-order valence-corrected chi connectivity index (χ3v) is 11.7. The SMILES string of the molecule is CCCCc1cc2c3c4[n+](ccc3c1)C(C)(CC)C(C=C[n+]1ccccc1-c1ccccc1C)(CC)c1ccc(F)c(c1-4)C2(C)C. The second-order valence-electron chi connectivity index (χ2n) is 14.3. The number of rotatable bonds is 8. The molecule has 2 unspecified atom stereocenters. The molecule has 3 heterocycles. The van der Waals surface area contributed by atoms with Crippen molar-refractivity contribution in [2.24, 2.45) is 0 Å². The number of unbranched alkanes of at least 4 members (excludes halogenated alkanes) is 1. The maximum absolute atomic E-state index is 16.4. The average molecular weight is 611 g/mol. The molecule has 0 spiro atoms. The lowest BCUT2D eigenvalue weighted by atomic mass is 9.56. The van der Waals surface area contributed by atoms with Crippen LogP contribution in [0.2, 0.25) is 0 Å². The van der Waals surface area contributed by atoms with Crippen LogP contribution < -0.4 is 9.13 Å². The summed E-state index contributed by atoms with van der Waals surface area (Å²) in [6.07, 6.45) is 14.3. The van der Waals surface area contributed by atoms with Gasteiger partial charge in [-0.2, -0.15) is 9.13 Å². The molecule has 0 fully saturated rings. The van der Waals surface area contributed by atoms with Crippen molar-refractivity contribution in [3.63, 3.8) is 0 Å². The number of halogens is 1. The molecule has 3 heteroatoms. The van der Waals surface area contributed by atoms with Crippen LogP contribution in [-0.4, -0.2) is 0 Å². The van der Waals surface area contributed by atoms with Gasteiger partial charge in [0, 0.05) is 48.1 Å². The first-order chi connectivity index (χ1) is 22.1. The Morgan fingerprint density at radius 1 is 0.826 bits per heavy atom. The van der Waals surface area contributed by atoms with Gasteiger partial charge in [-0.3, -0.25) is 0 Å². The maximum atomic E-state index is 16.4. The van der Waals surface area contributed by atoms with E-state index in [2.05, 4.69) is 149 Å². The summed E-state index contributed by atoms with van der Waals surface area (Å²) in [5.74, 6) is -0.106. The quantitative estimate of drug-likeness (QED) is 0.155. The Labute approximate surface area is 274 Å². The minimum Gasteiger partial charge on any atom is -0.207 e. The van der Waals surface area contributed by atoms with Gasteiger partial charge in [-0.1, -0.05) is 77.4 Å². The smallest absolute Gasteiger partial charge is 0.207 e. The lowest BCUT2D eigenvalue weighted by Crippen LogP contribution is -2.68. The van der Waals surface area contributed by atoms with E-state index in [1.54, 1.807) is 6.07 Å². The predicted molar refractivity (Wildman–Crippen MR) is 188 cm³/mol. The van der Waals surface area contributed by atoms with Gasteiger partial charge in [-0.15, -0.1) is 0 Å². The molecular formula is C43H47FN2+2. The highest BCUT2D eigenvalue weighted by atomic mass is 19.1. The highest BCUT2D eigenvalue weighted by molar-refractivity contribution is 6.02. The van der Waals surface area contributed by atoms with Gasteiger partial charge in [0.1, 0.15) is 5.82 Å². The zero-order chi connectivity index (χ0) is 32.4. The molecule has 0 N–H and O–H groups in total. The van der Waals surface area contributed by atoms with Gasteiger partial charge in [0.2, 0.25) is 11.4 Å². The van der Waals surface area contributed by atoms with Gasteiger partial charge in [0.25, 0.3) is 0 Å². The summed E-state index contributed by atoms with van der Waals surface area (Å²) in [6.45, 7) is 15.9. The third-order valence-electron chi connectivity index (χ3n) is 11.7. The number of allylic oxidation sites excluding steroid dienone is 1. The van der Waals surface area contributed by atoms with Gasteiger partial charge in [-0.05, 0) is 78.1 Å². The van der Waals surface area contributed by atoms with Crippen LogP contribution in [-0.2, 0) is 22.8 Å². The summed E-state index contributed by atoms with van der Waals surface area (Å²) in [5, 5.41) is 2.56. The molecule has 1 aliphatic carbocycles. The Bertz CT molecular complexity index is 2040. The van der Waals surface area contributed by atoms with E-state index in [4.69, 9.17) is 0 Å². The summed E-state index contributed by atoms with van der Waals surface area (Å²) < 4.78 is 21.2. The molecule has 0 saturated carbocycles. The van der Waals surface area contributed by atoms with Crippen LogP contribution in [0.15, 0.2) is 91.3 Å². The molecule has 5 aromatic rings. The van der Waals surface area contributed by atoms with E-state index >= 15 is 4.39 Å². The third kappa shape index (κ3) is 4.13. The Morgan fingerprint density at radius 2 is 1.61 bits per heavy atom. The van der Waals surface area contributed by atoms with E-state index in [1.807, 2.05) is 0 Å². The van der Waals surface area contributed by atoms with Gasteiger partial charge in [0.05, 0.1) is 16.4 Å². The van der Waals surface area contributed by atoms with E-state index < -0.39 is 5.41 Å². The fourth-order valence-electron chi connectivity index (χ4n) is 8.92. The number of hydrogen-bond donors (Lipinski definition) is 0. The van der Waals surface area contributed by atoms with Crippen LogP contribution in [0, 0.1) is 12.7 Å². The predicted octanol–water partition coefficient (Wildman–Crippen LogP) is 10.1. The van der Waals surface area contributed by atoms with Crippen LogP contribution in [0.3, 0.4) is 0 Å². The lowest BCUT2D eigenvalue weighted by molar-refractivity contribution is -0.762. The molecule has 7 rings (SSSR count). The summed E-state index contributed by atoms with van der Waals surface area (Å²) in [7, 11) is 0. The number of nitrogens with zero attached hydrogens (tertiary/aromatic N) is 2. The van der Waals surface area contributed by atoms with Crippen molar-refractivity contribution in [1.82, 2.24) is 0 Å². The Balaban J connectivity index is 1.53. The Hall–Kier alpha value is -4.11. The number of aryl methyl sites for hydroxylation is 2. The van der Waals surface area contributed by atoms with E-state index in [-0.39, 0.29) is 16.8 Å².